The van der Waals surface area contributed by atoms with Crippen molar-refractivity contribution in [2.24, 2.45) is 0 Å². The molecule has 1 atom stereocenters. The zero-order chi connectivity index (χ0) is 14.4. The third kappa shape index (κ3) is 3.15. The summed E-state index contributed by atoms with van der Waals surface area (Å²) >= 11 is 0. The van der Waals surface area contributed by atoms with Gasteiger partial charge in [0.2, 0.25) is 0 Å². The number of rotatable bonds is 7. The van der Waals surface area contributed by atoms with E-state index in [1.807, 2.05) is 31.2 Å². The summed E-state index contributed by atoms with van der Waals surface area (Å²) in [5, 5.41) is 10.9. The Hall–Kier alpha value is -1.06. The quantitative estimate of drug-likeness (QED) is 0.823. The number of ether oxygens (including phenoxy) is 2. The Morgan fingerprint density at radius 1 is 1.20 bits per heavy atom. The highest BCUT2D eigenvalue weighted by Gasteiger charge is 2.43. The standard InChI is InChI=1S/C17H26O3/c1-3-13-19-15-10-6-5-9-14(15)16(18)17(20-4-2)11-7-8-12-17/h5-6,9-10,16,18H,3-4,7-8,11-13H2,1-2H3. The van der Waals surface area contributed by atoms with Crippen molar-refractivity contribution in [1.82, 2.24) is 0 Å². The van der Waals surface area contributed by atoms with Crippen molar-refractivity contribution in [2.45, 2.75) is 57.7 Å². The lowest BCUT2D eigenvalue weighted by atomic mass is 9.88. The van der Waals surface area contributed by atoms with E-state index in [1.54, 1.807) is 0 Å². The summed E-state index contributed by atoms with van der Waals surface area (Å²) in [6.07, 6.45) is 4.43. The first-order chi connectivity index (χ1) is 9.73. The van der Waals surface area contributed by atoms with Crippen LogP contribution in [0.1, 0.15) is 57.6 Å². The van der Waals surface area contributed by atoms with Crippen LogP contribution in [0.4, 0.5) is 0 Å². The molecule has 1 aromatic rings. The van der Waals surface area contributed by atoms with Gasteiger partial charge in [0.1, 0.15) is 11.9 Å². The lowest BCUT2D eigenvalue weighted by Crippen LogP contribution is -2.37. The van der Waals surface area contributed by atoms with Crippen LogP contribution in [-0.2, 0) is 4.74 Å². The summed E-state index contributed by atoms with van der Waals surface area (Å²) in [6, 6.07) is 7.78. The van der Waals surface area contributed by atoms with Gasteiger partial charge in [-0.15, -0.1) is 0 Å². The highest BCUT2D eigenvalue weighted by molar-refractivity contribution is 5.36. The maximum Gasteiger partial charge on any atom is 0.125 e. The third-order valence-electron chi connectivity index (χ3n) is 4.06. The molecule has 0 heterocycles. The van der Waals surface area contributed by atoms with E-state index in [2.05, 4.69) is 6.92 Å². The normalized spacial score (nSPS) is 18.9. The molecule has 1 unspecified atom stereocenters. The molecule has 0 bridgehead atoms. The van der Waals surface area contributed by atoms with Crippen LogP contribution >= 0.6 is 0 Å². The van der Waals surface area contributed by atoms with E-state index in [4.69, 9.17) is 9.47 Å². The molecule has 0 spiro atoms. The van der Waals surface area contributed by atoms with Crippen molar-refractivity contribution in [3.8, 4) is 5.75 Å². The third-order valence-corrected chi connectivity index (χ3v) is 4.06. The van der Waals surface area contributed by atoms with Crippen LogP contribution < -0.4 is 4.74 Å². The Kier molecular flexibility index (Phi) is 5.44. The number of aliphatic hydroxyl groups is 1. The first kappa shape index (κ1) is 15.3. The minimum absolute atomic E-state index is 0.430. The Bertz CT molecular complexity index is 410. The highest BCUT2D eigenvalue weighted by Crippen LogP contribution is 2.45. The van der Waals surface area contributed by atoms with Crippen LogP contribution in [0.3, 0.4) is 0 Å². The summed E-state index contributed by atoms with van der Waals surface area (Å²) < 4.78 is 11.7. The number of hydrogen-bond acceptors (Lipinski definition) is 3. The van der Waals surface area contributed by atoms with Crippen LogP contribution in [-0.4, -0.2) is 23.9 Å². The van der Waals surface area contributed by atoms with E-state index < -0.39 is 11.7 Å². The average molecular weight is 278 g/mol. The van der Waals surface area contributed by atoms with E-state index in [0.29, 0.717) is 13.2 Å². The molecule has 1 aliphatic carbocycles. The molecule has 1 aliphatic rings. The summed E-state index contributed by atoms with van der Waals surface area (Å²) in [6.45, 7) is 5.38. The van der Waals surface area contributed by atoms with Crippen LogP contribution in [0, 0.1) is 0 Å². The first-order valence-corrected chi connectivity index (χ1v) is 7.77. The zero-order valence-corrected chi connectivity index (χ0v) is 12.6. The van der Waals surface area contributed by atoms with Crippen LogP contribution in [0.15, 0.2) is 24.3 Å². The SMILES string of the molecule is CCCOc1ccccc1C(O)C1(OCC)CCCC1. The molecule has 0 aromatic heterocycles. The van der Waals surface area contributed by atoms with Crippen molar-refractivity contribution in [3.05, 3.63) is 29.8 Å². The largest absolute Gasteiger partial charge is 0.493 e. The predicted octanol–water partition coefficient (Wildman–Crippen LogP) is 3.86. The van der Waals surface area contributed by atoms with Gasteiger partial charge in [-0.3, -0.25) is 0 Å². The van der Waals surface area contributed by atoms with Crippen LogP contribution in [0.25, 0.3) is 0 Å². The fourth-order valence-corrected chi connectivity index (χ4v) is 3.09. The zero-order valence-electron chi connectivity index (χ0n) is 12.6. The van der Waals surface area contributed by atoms with E-state index in [0.717, 1.165) is 43.4 Å². The molecule has 0 amide bonds. The second-order valence-corrected chi connectivity index (χ2v) is 5.49. The Balaban J connectivity index is 2.24. The van der Waals surface area contributed by atoms with Gasteiger partial charge in [0, 0.05) is 12.2 Å². The molecule has 1 saturated carbocycles. The summed E-state index contributed by atoms with van der Waals surface area (Å²) in [5.74, 6) is 0.785. The minimum atomic E-state index is -0.613. The van der Waals surface area contributed by atoms with E-state index >= 15 is 0 Å². The molecule has 1 fully saturated rings. The van der Waals surface area contributed by atoms with Gasteiger partial charge in [0.05, 0.1) is 12.2 Å². The van der Waals surface area contributed by atoms with Crippen LogP contribution in [0.2, 0.25) is 0 Å². The fraction of sp³-hybridized carbons (Fsp3) is 0.647. The number of hydrogen-bond donors (Lipinski definition) is 1. The van der Waals surface area contributed by atoms with E-state index in [1.165, 1.54) is 0 Å². The van der Waals surface area contributed by atoms with Crippen molar-refractivity contribution >= 4 is 0 Å². The van der Waals surface area contributed by atoms with Gasteiger partial charge < -0.3 is 14.6 Å². The Morgan fingerprint density at radius 2 is 1.90 bits per heavy atom. The van der Waals surface area contributed by atoms with Crippen molar-refractivity contribution < 1.29 is 14.6 Å². The monoisotopic (exact) mass is 278 g/mol. The number of para-hydroxylation sites is 1. The summed E-state index contributed by atoms with van der Waals surface area (Å²) in [4.78, 5) is 0. The van der Waals surface area contributed by atoms with Crippen molar-refractivity contribution in [3.63, 3.8) is 0 Å². The number of aliphatic hydroxyl groups excluding tert-OH is 1. The molecular weight excluding hydrogens is 252 g/mol. The fourth-order valence-electron chi connectivity index (χ4n) is 3.09. The predicted molar refractivity (Wildman–Crippen MR) is 80.0 cm³/mol. The maximum absolute atomic E-state index is 10.9. The van der Waals surface area contributed by atoms with Gasteiger partial charge in [0.15, 0.2) is 0 Å². The molecule has 1 aromatic carbocycles. The molecule has 1 N–H and O–H groups in total. The lowest BCUT2D eigenvalue weighted by molar-refractivity contribution is -0.119. The molecule has 3 nitrogen and oxygen atoms in total. The molecule has 0 saturated heterocycles. The second kappa shape index (κ2) is 7.09. The highest BCUT2D eigenvalue weighted by atomic mass is 16.5. The molecule has 2 rings (SSSR count). The molecule has 0 radical (unpaired) electrons. The first-order valence-electron chi connectivity index (χ1n) is 7.77. The van der Waals surface area contributed by atoms with Gasteiger partial charge in [-0.2, -0.15) is 0 Å². The summed E-state index contributed by atoms with van der Waals surface area (Å²) in [5.41, 5.74) is 0.428. The van der Waals surface area contributed by atoms with Gasteiger partial charge in [-0.1, -0.05) is 38.0 Å². The molecule has 112 valence electrons. The maximum atomic E-state index is 10.9. The van der Waals surface area contributed by atoms with E-state index in [-0.39, 0.29) is 0 Å². The summed E-state index contributed by atoms with van der Waals surface area (Å²) in [7, 11) is 0. The van der Waals surface area contributed by atoms with Gasteiger partial charge in [-0.05, 0) is 32.3 Å². The Morgan fingerprint density at radius 3 is 2.55 bits per heavy atom. The van der Waals surface area contributed by atoms with Gasteiger partial charge in [0.25, 0.3) is 0 Å². The molecule has 0 aliphatic heterocycles. The smallest absolute Gasteiger partial charge is 0.125 e. The number of benzene rings is 1. The topological polar surface area (TPSA) is 38.7 Å². The molecule has 20 heavy (non-hydrogen) atoms. The minimum Gasteiger partial charge on any atom is -0.493 e. The van der Waals surface area contributed by atoms with Crippen molar-refractivity contribution in [2.75, 3.05) is 13.2 Å². The lowest BCUT2D eigenvalue weighted by Gasteiger charge is -2.35. The Labute approximate surface area is 121 Å². The second-order valence-electron chi connectivity index (χ2n) is 5.49. The van der Waals surface area contributed by atoms with Crippen LogP contribution in [0.5, 0.6) is 5.75 Å². The van der Waals surface area contributed by atoms with Gasteiger partial charge >= 0.3 is 0 Å². The van der Waals surface area contributed by atoms with Gasteiger partial charge in [-0.25, -0.2) is 0 Å². The molecular formula is C17H26O3. The average Bonchev–Trinajstić information content (AvgIpc) is 2.95. The van der Waals surface area contributed by atoms with E-state index in [9.17, 15) is 5.11 Å². The van der Waals surface area contributed by atoms with Crippen molar-refractivity contribution in [1.29, 1.82) is 0 Å². The molecule has 3 heteroatoms.